The summed E-state index contributed by atoms with van der Waals surface area (Å²) < 4.78 is 4.90. The molecular formula is C22H26N2O4S. The molecule has 6 nitrogen and oxygen atoms in total. The van der Waals surface area contributed by atoms with Crippen molar-refractivity contribution in [2.45, 2.75) is 46.0 Å². The zero-order valence-corrected chi connectivity index (χ0v) is 17.8. The summed E-state index contributed by atoms with van der Waals surface area (Å²) in [4.78, 5) is 38.3. The van der Waals surface area contributed by atoms with E-state index < -0.39 is 5.97 Å². The number of hydrogen-bond acceptors (Lipinski definition) is 5. The van der Waals surface area contributed by atoms with Gasteiger partial charge in [0.15, 0.2) is 0 Å². The zero-order chi connectivity index (χ0) is 21.0. The summed E-state index contributed by atoms with van der Waals surface area (Å²) in [7, 11) is 1.29. The third-order valence-corrected chi connectivity index (χ3v) is 6.55. The largest absolute Gasteiger partial charge is 0.465 e. The highest BCUT2D eigenvalue weighted by Gasteiger charge is 2.28. The molecule has 0 aliphatic heterocycles. The van der Waals surface area contributed by atoms with Gasteiger partial charge in [0, 0.05) is 11.6 Å². The normalized spacial score (nSPS) is 14.3. The Kier molecular flexibility index (Phi) is 6.69. The number of para-hydroxylation sites is 1. The van der Waals surface area contributed by atoms with Gasteiger partial charge in [-0.1, -0.05) is 37.5 Å². The Morgan fingerprint density at radius 2 is 1.72 bits per heavy atom. The number of methoxy groups -OCH3 is 1. The van der Waals surface area contributed by atoms with Crippen LogP contribution in [-0.2, 0) is 9.53 Å². The number of anilines is 2. The molecule has 0 bridgehead atoms. The van der Waals surface area contributed by atoms with Crippen molar-refractivity contribution >= 4 is 39.8 Å². The number of amides is 2. The topological polar surface area (TPSA) is 84.5 Å². The van der Waals surface area contributed by atoms with Crippen molar-refractivity contribution in [3.8, 4) is 0 Å². The van der Waals surface area contributed by atoms with Crippen molar-refractivity contribution in [3.63, 3.8) is 0 Å². The van der Waals surface area contributed by atoms with Crippen LogP contribution in [0.1, 0.15) is 63.3 Å². The van der Waals surface area contributed by atoms with E-state index in [0.29, 0.717) is 21.1 Å². The first-order valence-corrected chi connectivity index (χ1v) is 10.6. The van der Waals surface area contributed by atoms with E-state index in [4.69, 9.17) is 4.74 Å². The molecule has 0 unspecified atom stereocenters. The van der Waals surface area contributed by atoms with E-state index in [2.05, 4.69) is 10.6 Å². The van der Waals surface area contributed by atoms with Gasteiger partial charge in [0.25, 0.3) is 5.91 Å². The van der Waals surface area contributed by atoms with Crippen molar-refractivity contribution in [2.75, 3.05) is 17.7 Å². The van der Waals surface area contributed by atoms with E-state index >= 15 is 0 Å². The maximum Gasteiger partial charge on any atom is 0.341 e. The molecule has 1 aliphatic rings. The van der Waals surface area contributed by atoms with E-state index in [9.17, 15) is 14.4 Å². The van der Waals surface area contributed by atoms with Gasteiger partial charge < -0.3 is 15.4 Å². The molecular weight excluding hydrogens is 388 g/mol. The Labute approximate surface area is 174 Å². The van der Waals surface area contributed by atoms with E-state index in [-0.39, 0.29) is 23.3 Å². The SMILES string of the molecule is COC(=O)c1c(NC(=O)C2CCCCC2)sc(C(=O)Nc2ccccc2C)c1C. The highest BCUT2D eigenvalue weighted by Crippen LogP contribution is 2.35. The molecule has 7 heteroatoms. The van der Waals surface area contributed by atoms with Crippen LogP contribution >= 0.6 is 11.3 Å². The predicted octanol–water partition coefficient (Wildman–Crippen LogP) is 4.92. The van der Waals surface area contributed by atoms with Crippen molar-refractivity contribution < 1.29 is 19.1 Å². The monoisotopic (exact) mass is 414 g/mol. The van der Waals surface area contributed by atoms with Gasteiger partial charge in [0.2, 0.25) is 5.91 Å². The average molecular weight is 415 g/mol. The Morgan fingerprint density at radius 3 is 2.38 bits per heavy atom. The number of nitrogens with one attached hydrogen (secondary N) is 2. The summed E-state index contributed by atoms with van der Waals surface area (Å²) in [6.07, 6.45) is 4.93. The molecule has 1 aromatic carbocycles. The van der Waals surface area contributed by atoms with Crippen molar-refractivity contribution in [1.29, 1.82) is 0 Å². The van der Waals surface area contributed by atoms with Gasteiger partial charge in [-0.15, -0.1) is 11.3 Å². The molecule has 154 valence electrons. The van der Waals surface area contributed by atoms with Crippen molar-refractivity contribution in [1.82, 2.24) is 0 Å². The van der Waals surface area contributed by atoms with Gasteiger partial charge in [-0.05, 0) is 43.9 Å². The van der Waals surface area contributed by atoms with E-state index in [1.165, 1.54) is 7.11 Å². The lowest BCUT2D eigenvalue weighted by molar-refractivity contribution is -0.120. The number of hydrogen-bond donors (Lipinski definition) is 2. The van der Waals surface area contributed by atoms with Crippen molar-refractivity contribution in [3.05, 3.63) is 45.8 Å². The van der Waals surface area contributed by atoms with Gasteiger partial charge in [-0.2, -0.15) is 0 Å². The molecule has 0 atom stereocenters. The Balaban J connectivity index is 1.88. The summed E-state index contributed by atoms with van der Waals surface area (Å²) in [5.41, 5.74) is 2.40. The zero-order valence-electron chi connectivity index (χ0n) is 17.0. The molecule has 0 spiro atoms. The molecule has 3 rings (SSSR count). The Morgan fingerprint density at radius 1 is 1.03 bits per heavy atom. The molecule has 1 aliphatic carbocycles. The second-order valence-electron chi connectivity index (χ2n) is 7.35. The van der Waals surface area contributed by atoms with Crippen LogP contribution in [-0.4, -0.2) is 24.9 Å². The molecule has 0 saturated heterocycles. The standard InChI is InChI=1S/C22H26N2O4S/c1-13-9-7-8-12-16(13)23-20(26)18-14(2)17(22(27)28-3)21(29-18)24-19(25)15-10-5-4-6-11-15/h7-9,12,15H,4-6,10-11H2,1-3H3,(H,23,26)(H,24,25). The van der Waals surface area contributed by atoms with E-state index in [1.54, 1.807) is 6.92 Å². The van der Waals surface area contributed by atoms with Gasteiger partial charge >= 0.3 is 5.97 Å². The summed E-state index contributed by atoms with van der Waals surface area (Å²) in [5, 5.41) is 6.15. The maximum absolute atomic E-state index is 12.9. The lowest BCUT2D eigenvalue weighted by atomic mass is 9.89. The highest BCUT2D eigenvalue weighted by molar-refractivity contribution is 7.19. The van der Waals surface area contributed by atoms with Crippen LogP contribution in [0.4, 0.5) is 10.7 Å². The van der Waals surface area contributed by atoms with Crippen LogP contribution in [0.15, 0.2) is 24.3 Å². The fourth-order valence-electron chi connectivity index (χ4n) is 3.64. The molecule has 1 saturated carbocycles. The summed E-state index contributed by atoms with van der Waals surface area (Å²) in [6, 6.07) is 7.48. The number of aryl methyl sites for hydroxylation is 1. The maximum atomic E-state index is 12.9. The molecule has 2 amide bonds. The third-order valence-electron chi connectivity index (χ3n) is 5.35. The smallest absolute Gasteiger partial charge is 0.341 e. The van der Waals surface area contributed by atoms with Gasteiger partial charge in [0.1, 0.15) is 5.00 Å². The fraction of sp³-hybridized carbons (Fsp3) is 0.409. The fourth-order valence-corrected chi connectivity index (χ4v) is 4.73. The van der Waals surface area contributed by atoms with E-state index in [0.717, 1.165) is 49.0 Å². The summed E-state index contributed by atoms with van der Waals surface area (Å²) in [5.74, 6) is -1.03. The average Bonchev–Trinajstić information content (AvgIpc) is 3.05. The molecule has 29 heavy (non-hydrogen) atoms. The predicted molar refractivity (Wildman–Crippen MR) is 115 cm³/mol. The summed E-state index contributed by atoms with van der Waals surface area (Å²) in [6.45, 7) is 3.61. The van der Waals surface area contributed by atoms with Gasteiger partial charge in [-0.3, -0.25) is 9.59 Å². The van der Waals surface area contributed by atoms with Crippen LogP contribution in [0.25, 0.3) is 0 Å². The van der Waals surface area contributed by atoms with Crippen LogP contribution in [0.3, 0.4) is 0 Å². The van der Waals surface area contributed by atoms with Crippen LogP contribution in [0.2, 0.25) is 0 Å². The lowest BCUT2D eigenvalue weighted by Gasteiger charge is -2.20. The van der Waals surface area contributed by atoms with Crippen LogP contribution < -0.4 is 10.6 Å². The molecule has 0 radical (unpaired) electrons. The minimum Gasteiger partial charge on any atom is -0.465 e. The second-order valence-corrected chi connectivity index (χ2v) is 8.37. The number of ether oxygens (including phenoxy) is 1. The quantitative estimate of drug-likeness (QED) is 0.680. The molecule has 2 aromatic rings. The highest BCUT2D eigenvalue weighted by atomic mass is 32.1. The lowest BCUT2D eigenvalue weighted by Crippen LogP contribution is -2.25. The first-order chi connectivity index (χ1) is 13.9. The number of esters is 1. The molecule has 2 N–H and O–H groups in total. The Hall–Kier alpha value is -2.67. The van der Waals surface area contributed by atoms with Crippen LogP contribution in [0, 0.1) is 19.8 Å². The Bertz CT molecular complexity index is 929. The van der Waals surface area contributed by atoms with Gasteiger partial charge in [0.05, 0.1) is 17.6 Å². The minimum absolute atomic E-state index is 0.0547. The third kappa shape index (κ3) is 4.67. The van der Waals surface area contributed by atoms with Crippen LogP contribution in [0.5, 0.6) is 0 Å². The molecule has 1 aromatic heterocycles. The minimum atomic E-state index is -0.562. The molecule has 1 fully saturated rings. The summed E-state index contributed by atoms with van der Waals surface area (Å²) >= 11 is 1.11. The number of thiophene rings is 1. The second kappa shape index (κ2) is 9.22. The van der Waals surface area contributed by atoms with Crippen molar-refractivity contribution in [2.24, 2.45) is 5.92 Å². The van der Waals surface area contributed by atoms with Gasteiger partial charge in [-0.25, -0.2) is 4.79 Å². The number of benzene rings is 1. The first kappa shape index (κ1) is 21.0. The molecule has 1 heterocycles. The first-order valence-electron chi connectivity index (χ1n) is 9.82. The number of carbonyl (C=O) groups excluding carboxylic acids is 3. The number of rotatable bonds is 5. The van der Waals surface area contributed by atoms with E-state index in [1.807, 2.05) is 31.2 Å². The number of carbonyl (C=O) groups is 3.